The van der Waals surface area contributed by atoms with Crippen LogP contribution in [0.25, 0.3) is 0 Å². The number of benzene rings is 1. The van der Waals surface area contributed by atoms with Crippen molar-refractivity contribution in [3.05, 3.63) is 35.4 Å². The van der Waals surface area contributed by atoms with Crippen LogP contribution in [-0.2, 0) is 10.3 Å². The van der Waals surface area contributed by atoms with E-state index in [0.29, 0.717) is 17.7 Å². The van der Waals surface area contributed by atoms with E-state index < -0.39 is 17.5 Å². The Labute approximate surface area is 128 Å². The summed E-state index contributed by atoms with van der Waals surface area (Å²) in [5.41, 5.74) is 0.0172. The van der Waals surface area contributed by atoms with Crippen molar-refractivity contribution in [1.82, 2.24) is 21.3 Å². The molecule has 1 aromatic carbocycles. The van der Waals surface area contributed by atoms with E-state index in [1.807, 2.05) is 14.0 Å². The van der Waals surface area contributed by atoms with Crippen LogP contribution in [0.4, 0.5) is 4.79 Å². The van der Waals surface area contributed by atoms with E-state index in [1.54, 1.807) is 31.2 Å². The number of nitrogens with one attached hydrogen (secondary N) is 4. The van der Waals surface area contributed by atoms with Gasteiger partial charge in [0, 0.05) is 18.2 Å². The first-order valence-electron chi connectivity index (χ1n) is 7.06. The maximum atomic E-state index is 12.0. The summed E-state index contributed by atoms with van der Waals surface area (Å²) in [5.74, 6) is -0.587. The van der Waals surface area contributed by atoms with Crippen LogP contribution in [0.15, 0.2) is 24.3 Å². The molecular weight excluding hydrogens is 284 g/mol. The van der Waals surface area contributed by atoms with Crippen LogP contribution in [0.2, 0.25) is 0 Å². The van der Waals surface area contributed by atoms with Gasteiger partial charge >= 0.3 is 6.03 Å². The van der Waals surface area contributed by atoms with Crippen molar-refractivity contribution in [2.45, 2.75) is 25.4 Å². The minimum absolute atomic E-state index is 0.180. The predicted octanol–water partition coefficient (Wildman–Crippen LogP) is 0.0789. The van der Waals surface area contributed by atoms with Gasteiger partial charge in [-0.05, 0) is 38.6 Å². The van der Waals surface area contributed by atoms with Crippen molar-refractivity contribution < 1.29 is 14.4 Å². The SMILES string of the molecule is CNC(C)CNC(=O)c1ccc(C2(C)NC(=O)NC2=O)cc1. The van der Waals surface area contributed by atoms with Crippen molar-refractivity contribution in [1.29, 1.82) is 0 Å². The lowest BCUT2D eigenvalue weighted by Crippen LogP contribution is -2.40. The minimum atomic E-state index is -1.10. The van der Waals surface area contributed by atoms with Crippen LogP contribution in [0.1, 0.15) is 29.8 Å². The molecule has 4 N–H and O–H groups in total. The Bertz CT molecular complexity index is 599. The highest BCUT2D eigenvalue weighted by molar-refractivity contribution is 6.07. The lowest BCUT2D eigenvalue weighted by Gasteiger charge is -2.21. The lowest BCUT2D eigenvalue weighted by atomic mass is 9.91. The van der Waals surface area contributed by atoms with Gasteiger partial charge in [0.1, 0.15) is 5.54 Å². The topological polar surface area (TPSA) is 99.3 Å². The Balaban J connectivity index is 2.09. The van der Waals surface area contributed by atoms with Gasteiger partial charge in [0.05, 0.1) is 0 Å². The molecule has 0 spiro atoms. The lowest BCUT2D eigenvalue weighted by molar-refractivity contribution is -0.123. The van der Waals surface area contributed by atoms with Crippen molar-refractivity contribution in [2.24, 2.45) is 0 Å². The Hall–Kier alpha value is -2.41. The van der Waals surface area contributed by atoms with E-state index in [0.717, 1.165) is 0 Å². The number of amides is 4. The smallest absolute Gasteiger partial charge is 0.322 e. The average Bonchev–Trinajstić information content (AvgIpc) is 2.78. The highest BCUT2D eigenvalue weighted by atomic mass is 16.2. The molecule has 1 saturated heterocycles. The molecule has 0 aromatic heterocycles. The molecule has 1 aromatic rings. The molecule has 1 heterocycles. The largest absolute Gasteiger partial charge is 0.350 e. The maximum absolute atomic E-state index is 12.0. The monoisotopic (exact) mass is 304 g/mol. The molecule has 1 fully saturated rings. The first kappa shape index (κ1) is 16.0. The van der Waals surface area contributed by atoms with Crippen molar-refractivity contribution in [2.75, 3.05) is 13.6 Å². The third-order valence-corrected chi connectivity index (χ3v) is 3.83. The summed E-state index contributed by atoms with van der Waals surface area (Å²) < 4.78 is 0. The summed E-state index contributed by atoms with van der Waals surface area (Å²) in [6.45, 7) is 4.11. The normalized spacial score (nSPS) is 22.0. The van der Waals surface area contributed by atoms with E-state index in [9.17, 15) is 14.4 Å². The molecular formula is C15H20N4O3. The van der Waals surface area contributed by atoms with Gasteiger partial charge in [-0.25, -0.2) is 4.79 Å². The molecule has 0 saturated carbocycles. The second-order valence-electron chi connectivity index (χ2n) is 5.51. The first-order chi connectivity index (χ1) is 10.4. The third kappa shape index (κ3) is 3.09. The molecule has 118 valence electrons. The van der Waals surface area contributed by atoms with Gasteiger partial charge in [-0.3, -0.25) is 14.9 Å². The molecule has 4 amide bonds. The number of urea groups is 1. The van der Waals surface area contributed by atoms with Gasteiger partial charge in [0.2, 0.25) is 0 Å². The minimum Gasteiger partial charge on any atom is -0.350 e. The van der Waals surface area contributed by atoms with Gasteiger partial charge in [0.15, 0.2) is 0 Å². The van der Waals surface area contributed by atoms with Crippen LogP contribution in [-0.4, -0.2) is 37.5 Å². The zero-order valence-electron chi connectivity index (χ0n) is 12.8. The number of carbonyl (C=O) groups excluding carboxylic acids is 3. The molecule has 2 unspecified atom stereocenters. The first-order valence-corrected chi connectivity index (χ1v) is 7.06. The number of likely N-dealkylation sites (N-methyl/N-ethyl adjacent to an activating group) is 1. The molecule has 1 aliphatic rings. The molecule has 7 heteroatoms. The van der Waals surface area contributed by atoms with Gasteiger partial charge < -0.3 is 16.0 Å². The average molecular weight is 304 g/mol. The fourth-order valence-electron chi connectivity index (χ4n) is 2.15. The standard InChI is InChI=1S/C15H20N4O3/c1-9(16-3)8-17-12(20)10-4-6-11(7-5-10)15(2)13(21)18-14(22)19-15/h4-7,9,16H,8H2,1-3H3,(H,17,20)(H2,18,19,21,22). The summed E-state index contributed by atoms with van der Waals surface area (Å²) in [7, 11) is 1.83. The van der Waals surface area contributed by atoms with Crippen molar-refractivity contribution >= 4 is 17.8 Å². The van der Waals surface area contributed by atoms with Crippen molar-refractivity contribution in [3.8, 4) is 0 Å². The zero-order valence-corrected chi connectivity index (χ0v) is 12.8. The van der Waals surface area contributed by atoms with E-state index in [4.69, 9.17) is 0 Å². The quantitative estimate of drug-likeness (QED) is 0.579. The second kappa shape index (κ2) is 6.15. The summed E-state index contributed by atoms with van der Waals surface area (Å²) in [5, 5.41) is 10.6. The Kier molecular flexibility index (Phi) is 4.46. The molecule has 1 aliphatic heterocycles. The summed E-state index contributed by atoms with van der Waals surface area (Å²) in [6, 6.07) is 6.27. The van der Waals surface area contributed by atoms with Crippen LogP contribution < -0.4 is 21.3 Å². The number of hydrogen-bond acceptors (Lipinski definition) is 4. The van der Waals surface area contributed by atoms with Gasteiger partial charge in [0.25, 0.3) is 11.8 Å². The van der Waals surface area contributed by atoms with Gasteiger partial charge in [-0.1, -0.05) is 12.1 Å². The highest BCUT2D eigenvalue weighted by Crippen LogP contribution is 2.24. The van der Waals surface area contributed by atoms with Crippen LogP contribution >= 0.6 is 0 Å². The van der Waals surface area contributed by atoms with Gasteiger partial charge in [-0.15, -0.1) is 0 Å². The summed E-state index contributed by atoms with van der Waals surface area (Å²) >= 11 is 0. The number of imide groups is 1. The van der Waals surface area contributed by atoms with Crippen molar-refractivity contribution in [3.63, 3.8) is 0 Å². The molecule has 22 heavy (non-hydrogen) atoms. The Morgan fingerprint density at radius 3 is 2.41 bits per heavy atom. The van der Waals surface area contributed by atoms with Crippen LogP contribution in [0, 0.1) is 0 Å². The van der Waals surface area contributed by atoms with Gasteiger partial charge in [-0.2, -0.15) is 0 Å². The fourth-order valence-corrected chi connectivity index (χ4v) is 2.15. The Morgan fingerprint density at radius 1 is 1.27 bits per heavy atom. The predicted molar refractivity (Wildman–Crippen MR) is 81.3 cm³/mol. The van der Waals surface area contributed by atoms with E-state index in [-0.39, 0.29) is 11.9 Å². The molecule has 0 radical (unpaired) electrons. The van der Waals surface area contributed by atoms with Crippen LogP contribution in [0.3, 0.4) is 0 Å². The van der Waals surface area contributed by atoms with E-state index in [1.165, 1.54) is 0 Å². The zero-order chi connectivity index (χ0) is 16.3. The Morgan fingerprint density at radius 2 is 1.91 bits per heavy atom. The molecule has 0 bridgehead atoms. The molecule has 2 atom stereocenters. The second-order valence-corrected chi connectivity index (χ2v) is 5.51. The highest BCUT2D eigenvalue weighted by Gasteiger charge is 2.43. The van der Waals surface area contributed by atoms with E-state index >= 15 is 0 Å². The fraction of sp³-hybridized carbons (Fsp3) is 0.400. The molecule has 0 aliphatic carbocycles. The summed E-state index contributed by atoms with van der Waals surface area (Å²) in [6.07, 6.45) is 0. The number of hydrogen-bond donors (Lipinski definition) is 4. The maximum Gasteiger partial charge on any atom is 0.322 e. The third-order valence-electron chi connectivity index (χ3n) is 3.83. The number of rotatable bonds is 5. The summed E-state index contributed by atoms with van der Waals surface area (Å²) in [4.78, 5) is 35.1. The number of carbonyl (C=O) groups is 3. The molecule has 7 nitrogen and oxygen atoms in total. The molecule has 2 rings (SSSR count). The van der Waals surface area contributed by atoms with E-state index in [2.05, 4.69) is 21.3 Å². The van der Waals surface area contributed by atoms with Crippen LogP contribution in [0.5, 0.6) is 0 Å².